The molecular formula is C18H24N2O. The summed E-state index contributed by atoms with van der Waals surface area (Å²) >= 11 is 0. The normalized spacial score (nSPS) is 12.4. The lowest BCUT2D eigenvalue weighted by atomic mass is 10.0. The first-order chi connectivity index (χ1) is 10.1. The fourth-order valence-electron chi connectivity index (χ4n) is 2.45. The Bertz CT molecular complexity index is 567. The van der Waals surface area contributed by atoms with E-state index in [0.29, 0.717) is 0 Å². The Hall–Kier alpha value is -1.84. The molecular weight excluding hydrogens is 260 g/mol. The average molecular weight is 284 g/mol. The molecule has 0 spiro atoms. The Labute approximate surface area is 127 Å². The van der Waals surface area contributed by atoms with E-state index in [9.17, 15) is 0 Å². The summed E-state index contributed by atoms with van der Waals surface area (Å²) in [5.74, 6) is 0.916. The van der Waals surface area contributed by atoms with Crippen molar-refractivity contribution in [2.45, 2.75) is 26.1 Å². The van der Waals surface area contributed by atoms with E-state index >= 15 is 0 Å². The van der Waals surface area contributed by atoms with Gasteiger partial charge >= 0.3 is 0 Å². The zero-order valence-electron chi connectivity index (χ0n) is 13.0. The molecule has 0 radical (unpaired) electrons. The molecule has 2 aromatic carbocycles. The van der Waals surface area contributed by atoms with Gasteiger partial charge in [-0.1, -0.05) is 36.4 Å². The first-order valence-electron chi connectivity index (χ1n) is 7.25. The van der Waals surface area contributed by atoms with E-state index in [4.69, 9.17) is 10.5 Å². The zero-order valence-corrected chi connectivity index (χ0v) is 13.0. The average Bonchev–Trinajstić information content (AvgIpc) is 2.48. The second kappa shape index (κ2) is 7.25. The van der Waals surface area contributed by atoms with Gasteiger partial charge in [0.25, 0.3) is 0 Å². The number of hydrogen-bond donors (Lipinski definition) is 1. The summed E-state index contributed by atoms with van der Waals surface area (Å²) in [4.78, 5) is 2.28. The smallest absolute Gasteiger partial charge is 0.123 e. The summed E-state index contributed by atoms with van der Waals surface area (Å²) in [6.07, 6.45) is 0. The van der Waals surface area contributed by atoms with Gasteiger partial charge in [0, 0.05) is 24.7 Å². The molecule has 2 rings (SSSR count). The summed E-state index contributed by atoms with van der Waals surface area (Å²) in [7, 11) is 3.83. The van der Waals surface area contributed by atoms with E-state index in [0.717, 1.165) is 24.4 Å². The topological polar surface area (TPSA) is 38.5 Å². The van der Waals surface area contributed by atoms with Crippen LogP contribution in [-0.4, -0.2) is 19.1 Å². The lowest BCUT2D eigenvalue weighted by molar-refractivity contribution is 0.310. The summed E-state index contributed by atoms with van der Waals surface area (Å²) in [6.45, 7) is 3.74. The van der Waals surface area contributed by atoms with E-state index in [1.54, 1.807) is 7.11 Å². The molecule has 2 N–H and O–H groups in total. The second-order valence-corrected chi connectivity index (χ2v) is 5.52. The third kappa shape index (κ3) is 4.31. The van der Waals surface area contributed by atoms with Gasteiger partial charge in [-0.15, -0.1) is 0 Å². The Kier molecular flexibility index (Phi) is 5.37. The fraction of sp³-hybridized carbons (Fsp3) is 0.333. The van der Waals surface area contributed by atoms with Gasteiger partial charge in [0.1, 0.15) is 5.75 Å². The van der Waals surface area contributed by atoms with Crippen LogP contribution in [0.1, 0.15) is 29.7 Å². The van der Waals surface area contributed by atoms with Crippen molar-refractivity contribution in [2.24, 2.45) is 5.73 Å². The molecule has 0 fully saturated rings. The Balaban J connectivity index is 2.12. The van der Waals surface area contributed by atoms with Crippen LogP contribution in [0.2, 0.25) is 0 Å². The molecule has 0 aliphatic rings. The molecule has 21 heavy (non-hydrogen) atoms. The van der Waals surface area contributed by atoms with Gasteiger partial charge in [0.2, 0.25) is 0 Å². The molecule has 0 saturated heterocycles. The van der Waals surface area contributed by atoms with Crippen molar-refractivity contribution in [3.8, 4) is 5.75 Å². The summed E-state index contributed by atoms with van der Waals surface area (Å²) < 4.78 is 5.46. The van der Waals surface area contributed by atoms with Crippen LogP contribution < -0.4 is 10.5 Å². The molecule has 0 aliphatic carbocycles. The van der Waals surface area contributed by atoms with Gasteiger partial charge in [-0.25, -0.2) is 0 Å². The summed E-state index contributed by atoms with van der Waals surface area (Å²) in [5.41, 5.74) is 9.59. The Morgan fingerprint density at radius 1 is 1.10 bits per heavy atom. The third-order valence-corrected chi connectivity index (χ3v) is 3.57. The minimum Gasteiger partial charge on any atom is -0.496 e. The highest BCUT2D eigenvalue weighted by atomic mass is 16.5. The zero-order chi connectivity index (χ0) is 15.2. The number of nitrogens with zero attached hydrogens (tertiary/aromatic N) is 1. The summed E-state index contributed by atoms with van der Waals surface area (Å²) in [5, 5.41) is 0. The molecule has 3 heteroatoms. The molecule has 1 atom stereocenters. The van der Waals surface area contributed by atoms with E-state index in [1.807, 2.05) is 25.1 Å². The van der Waals surface area contributed by atoms with Gasteiger partial charge in [-0.05, 0) is 37.2 Å². The standard InChI is InChI=1S/C18H24N2O/c1-14(19)16-9-10-18(21-3)17(11-16)13-20(2)12-15-7-5-4-6-8-15/h4-11,14H,12-13,19H2,1-3H3. The maximum absolute atomic E-state index is 5.97. The van der Waals surface area contributed by atoms with Crippen LogP contribution in [0.4, 0.5) is 0 Å². The van der Waals surface area contributed by atoms with Gasteiger partial charge in [-0.2, -0.15) is 0 Å². The number of methoxy groups -OCH3 is 1. The van der Waals surface area contributed by atoms with Crippen LogP contribution in [0.25, 0.3) is 0 Å². The molecule has 0 bridgehead atoms. The van der Waals surface area contributed by atoms with E-state index < -0.39 is 0 Å². The number of ether oxygens (including phenoxy) is 1. The number of benzene rings is 2. The Morgan fingerprint density at radius 2 is 1.81 bits per heavy atom. The van der Waals surface area contributed by atoms with Crippen LogP contribution in [0.3, 0.4) is 0 Å². The first kappa shape index (κ1) is 15.5. The molecule has 2 aromatic rings. The SMILES string of the molecule is COc1ccc(C(C)N)cc1CN(C)Cc1ccccc1. The van der Waals surface area contributed by atoms with Crippen LogP contribution in [0.15, 0.2) is 48.5 Å². The minimum atomic E-state index is 0.0362. The quantitative estimate of drug-likeness (QED) is 0.884. The fourth-order valence-corrected chi connectivity index (χ4v) is 2.45. The predicted octanol–water partition coefficient (Wildman–Crippen LogP) is 3.35. The number of hydrogen-bond acceptors (Lipinski definition) is 3. The minimum absolute atomic E-state index is 0.0362. The maximum Gasteiger partial charge on any atom is 0.123 e. The van der Waals surface area contributed by atoms with Crippen molar-refractivity contribution < 1.29 is 4.74 Å². The van der Waals surface area contributed by atoms with Crippen LogP contribution >= 0.6 is 0 Å². The molecule has 0 aromatic heterocycles. The highest BCUT2D eigenvalue weighted by Crippen LogP contribution is 2.24. The highest BCUT2D eigenvalue weighted by molar-refractivity contribution is 5.38. The number of rotatable bonds is 6. The highest BCUT2D eigenvalue weighted by Gasteiger charge is 2.10. The lowest BCUT2D eigenvalue weighted by Crippen LogP contribution is -2.18. The van der Waals surface area contributed by atoms with E-state index in [-0.39, 0.29) is 6.04 Å². The van der Waals surface area contributed by atoms with E-state index in [1.165, 1.54) is 11.1 Å². The van der Waals surface area contributed by atoms with Gasteiger partial charge < -0.3 is 10.5 Å². The predicted molar refractivity (Wildman–Crippen MR) is 87.2 cm³/mol. The van der Waals surface area contributed by atoms with E-state index in [2.05, 4.69) is 42.3 Å². The van der Waals surface area contributed by atoms with Crippen molar-refractivity contribution in [3.63, 3.8) is 0 Å². The van der Waals surface area contributed by atoms with Crippen molar-refractivity contribution in [3.05, 3.63) is 65.2 Å². The van der Waals surface area contributed by atoms with Gasteiger partial charge in [0.05, 0.1) is 7.11 Å². The molecule has 3 nitrogen and oxygen atoms in total. The van der Waals surface area contributed by atoms with Crippen molar-refractivity contribution in [1.29, 1.82) is 0 Å². The second-order valence-electron chi connectivity index (χ2n) is 5.52. The molecule has 1 unspecified atom stereocenters. The maximum atomic E-state index is 5.97. The van der Waals surface area contributed by atoms with Crippen molar-refractivity contribution in [2.75, 3.05) is 14.2 Å². The molecule has 112 valence electrons. The largest absolute Gasteiger partial charge is 0.496 e. The monoisotopic (exact) mass is 284 g/mol. The lowest BCUT2D eigenvalue weighted by Gasteiger charge is -2.20. The Morgan fingerprint density at radius 3 is 2.43 bits per heavy atom. The molecule has 0 amide bonds. The van der Waals surface area contributed by atoms with Gasteiger partial charge in [0.15, 0.2) is 0 Å². The molecule has 0 saturated carbocycles. The van der Waals surface area contributed by atoms with Crippen molar-refractivity contribution in [1.82, 2.24) is 4.90 Å². The summed E-state index contributed by atoms with van der Waals surface area (Å²) in [6, 6.07) is 16.7. The third-order valence-electron chi connectivity index (χ3n) is 3.57. The van der Waals surface area contributed by atoms with Crippen LogP contribution in [0, 0.1) is 0 Å². The van der Waals surface area contributed by atoms with Gasteiger partial charge in [-0.3, -0.25) is 4.90 Å². The first-order valence-corrected chi connectivity index (χ1v) is 7.25. The van der Waals surface area contributed by atoms with Crippen LogP contribution in [0.5, 0.6) is 5.75 Å². The molecule has 0 heterocycles. The van der Waals surface area contributed by atoms with Crippen LogP contribution in [-0.2, 0) is 13.1 Å². The number of nitrogens with two attached hydrogens (primary N) is 1. The van der Waals surface area contributed by atoms with Crippen molar-refractivity contribution >= 4 is 0 Å². The molecule has 0 aliphatic heterocycles.